The zero-order valence-corrected chi connectivity index (χ0v) is 32.4. The van der Waals surface area contributed by atoms with E-state index >= 15 is 0 Å². The molecule has 2 aliphatic rings. The zero-order chi connectivity index (χ0) is 37.0. The summed E-state index contributed by atoms with van der Waals surface area (Å²) in [7, 11) is 0. The summed E-state index contributed by atoms with van der Waals surface area (Å²) in [5, 5.41) is 14.7. The molecule has 5 heteroatoms. The number of hydrogen-bond donors (Lipinski definition) is 0. The van der Waals surface area contributed by atoms with E-state index in [1.54, 1.807) is 11.1 Å². The highest BCUT2D eigenvalue weighted by Gasteiger charge is 2.40. The van der Waals surface area contributed by atoms with Gasteiger partial charge in [-0.25, -0.2) is 4.68 Å². The van der Waals surface area contributed by atoms with Gasteiger partial charge in [-0.1, -0.05) is 179 Å². The highest BCUT2D eigenvalue weighted by Crippen LogP contribution is 2.41. The van der Waals surface area contributed by atoms with Crippen LogP contribution in [0.15, 0.2) is 174 Å². The van der Waals surface area contributed by atoms with Gasteiger partial charge in [-0.2, -0.15) is 0 Å². The number of fused-ring (bicyclic) bond motifs is 6. The van der Waals surface area contributed by atoms with Crippen LogP contribution >= 0.6 is 15.9 Å². The van der Waals surface area contributed by atoms with E-state index in [1.807, 2.05) is 6.20 Å². The summed E-state index contributed by atoms with van der Waals surface area (Å²) in [4.78, 5) is 2.43. The van der Waals surface area contributed by atoms with Gasteiger partial charge in [0.2, 0.25) is 0 Å². The predicted octanol–water partition coefficient (Wildman–Crippen LogP) is 11.8. The Balaban J connectivity index is 0.000000174. The first-order valence-corrected chi connectivity index (χ1v) is 20.2. The molecule has 0 atom stereocenters. The second-order valence-electron chi connectivity index (χ2n) is 14.5. The molecule has 7 aromatic carbocycles. The van der Waals surface area contributed by atoms with E-state index < -0.39 is 5.54 Å². The van der Waals surface area contributed by atoms with E-state index in [0.717, 1.165) is 41.9 Å². The van der Waals surface area contributed by atoms with Crippen LogP contribution < -0.4 is 4.90 Å². The molecule has 4 nitrogen and oxygen atoms in total. The van der Waals surface area contributed by atoms with Gasteiger partial charge in [-0.05, 0) is 92.7 Å². The number of benzene rings is 7. The lowest BCUT2D eigenvalue weighted by molar-refractivity contribution is 0.430. The number of rotatable bonds is 7. The second kappa shape index (κ2) is 15.5. The Kier molecular flexibility index (Phi) is 9.87. The molecule has 2 heterocycles. The van der Waals surface area contributed by atoms with Crippen molar-refractivity contribution in [3.8, 4) is 0 Å². The Morgan fingerprint density at radius 2 is 1.20 bits per heavy atom. The Morgan fingerprint density at radius 3 is 1.91 bits per heavy atom. The molecule has 0 radical (unpaired) electrons. The quantitative estimate of drug-likeness (QED) is 0.119. The van der Waals surface area contributed by atoms with Crippen molar-refractivity contribution in [2.24, 2.45) is 0 Å². The Labute approximate surface area is 331 Å². The van der Waals surface area contributed by atoms with Crippen molar-refractivity contribution in [1.29, 1.82) is 0 Å². The van der Waals surface area contributed by atoms with Crippen LogP contribution in [-0.4, -0.2) is 28.1 Å². The van der Waals surface area contributed by atoms with E-state index in [1.165, 1.54) is 63.0 Å². The largest absolute Gasteiger partial charge is 0.367 e. The van der Waals surface area contributed by atoms with Gasteiger partial charge in [0.05, 0.1) is 11.9 Å². The van der Waals surface area contributed by atoms with E-state index in [4.69, 9.17) is 5.21 Å². The third-order valence-electron chi connectivity index (χ3n) is 11.4. The summed E-state index contributed by atoms with van der Waals surface area (Å²) in [6.07, 6.45) is 12.3. The second-order valence-corrected chi connectivity index (χ2v) is 15.4. The molecule has 1 aliphatic heterocycles. The first kappa shape index (κ1) is 35.0. The average molecular weight is 780 g/mol. The summed E-state index contributed by atoms with van der Waals surface area (Å²) in [5.74, 6) is 0. The summed E-state index contributed by atoms with van der Waals surface area (Å²) in [6, 6.07) is 56.2. The van der Waals surface area contributed by atoms with Crippen LogP contribution in [0.1, 0.15) is 51.9 Å². The molecule has 10 rings (SSSR count). The minimum atomic E-state index is -0.644. The molecular formula is C50H43BrN4. The molecule has 1 aliphatic carbocycles. The number of halogens is 1. The third-order valence-corrected chi connectivity index (χ3v) is 12.0. The number of aromatic nitrogens is 3. The third kappa shape index (κ3) is 6.57. The minimum absolute atomic E-state index is 0.644. The molecule has 0 spiro atoms. The fourth-order valence-electron chi connectivity index (χ4n) is 8.78. The first-order chi connectivity index (χ1) is 27.2. The van der Waals surface area contributed by atoms with Crippen LogP contribution in [0, 0.1) is 0 Å². The molecule has 55 heavy (non-hydrogen) atoms. The van der Waals surface area contributed by atoms with Crippen molar-refractivity contribution in [2.75, 3.05) is 18.0 Å². The van der Waals surface area contributed by atoms with Gasteiger partial charge in [-0.3, -0.25) is 0 Å². The molecule has 1 aromatic heterocycles. The van der Waals surface area contributed by atoms with Crippen molar-refractivity contribution in [3.05, 3.63) is 214 Å². The van der Waals surface area contributed by atoms with Crippen molar-refractivity contribution >= 4 is 49.2 Å². The van der Waals surface area contributed by atoms with E-state index in [2.05, 4.69) is 200 Å². The van der Waals surface area contributed by atoms with E-state index in [0.29, 0.717) is 0 Å². The Hall–Kier alpha value is -5.78. The molecule has 0 fully saturated rings. The number of nitrogens with zero attached hydrogens (tertiary/aromatic N) is 4. The maximum atomic E-state index is 4.76. The van der Waals surface area contributed by atoms with Gasteiger partial charge in [-0.15, -0.1) is 5.10 Å². The maximum absolute atomic E-state index is 4.76. The van der Waals surface area contributed by atoms with Crippen molar-refractivity contribution in [3.63, 3.8) is 0 Å². The van der Waals surface area contributed by atoms with Crippen molar-refractivity contribution in [2.45, 2.75) is 37.6 Å². The minimum Gasteiger partial charge on any atom is -0.367 e. The fourth-order valence-corrected chi connectivity index (χ4v) is 9.36. The molecule has 8 aromatic rings. The molecule has 0 amide bonds. The van der Waals surface area contributed by atoms with Crippen LogP contribution in [0.3, 0.4) is 0 Å². The van der Waals surface area contributed by atoms with Crippen LogP contribution in [0.25, 0.3) is 27.6 Å². The fraction of sp³-hybridized carbons (Fsp3) is 0.160. The van der Waals surface area contributed by atoms with Crippen molar-refractivity contribution in [1.82, 2.24) is 15.0 Å². The Morgan fingerprint density at radius 1 is 0.600 bits per heavy atom. The van der Waals surface area contributed by atoms with E-state index in [-0.39, 0.29) is 0 Å². The summed E-state index contributed by atoms with van der Waals surface area (Å²) >= 11 is 3.75. The molecule has 0 saturated heterocycles. The molecular weight excluding hydrogens is 736 g/mol. The van der Waals surface area contributed by atoms with Gasteiger partial charge in [0.1, 0.15) is 5.54 Å². The lowest BCUT2D eigenvalue weighted by atomic mass is 9.77. The lowest BCUT2D eigenvalue weighted by Crippen LogP contribution is -2.40. The van der Waals surface area contributed by atoms with Gasteiger partial charge < -0.3 is 4.90 Å². The van der Waals surface area contributed by atoms with Gasteiger partial charge in [0.25, 0.3) is 0 Å². The average Bonchev–Trinajstić information content (AvgIpc) is 3.73. The standard InChI is InChI=1S/C32H28N4.C18H15Br/c1-4-15-27(16-5-1)32(28-17-6-2-7-18-28,29-19-8-3-9-20-29)36-30(25-33-34-36)22-24-35-23-12-14-26-13-10-11-21-31(26)35;19-18-11-17-13-6-2-1-5-12(13)9-10-15(17)14-7-3-4-8-16(14)18/h1-21,25H,22-24H2;3-4,7-11H,1-2,5-6H2. The normalized spacial score (nSPS) is 13.6. The molecule has 0 N–H and O–H groups in total. The SMILES string of the molecule is Brc1cc2c3c(ccc2c2ccccc12)CCCC3.C1=Cc2ccccc2N(CCc2cnnn2C(c2ccccc2)(c2ccccc2)c2ccccc2)C1. The van der Waals surface area contributed by atoms with Gasteiger partial charge in [0.15, 0.2) is 0 Å². The maximum Gasteiger partial charge on any atom is 0.140 e. The molecule has 0 saturated carbocycles. The number of aryl methyl sites for hydroxylation is 2. The Bertz CT molecular complexity index is 2500. The first-order valence-electron chi connectivity index (χ1n) is 19.4. The molecule has 0 bridgehead atoms. The van der Waals surface area contributed by atoms with E-state index in [9.17, 15) is 0 Å². The monoisotopic (exact) mass is 778 g/mol. The topological polar surface area (TPSA) is 34.0 Å². The summed E-state index contributed by atoms with van der Waals surface area (Å²) in [6.45, 7) is 1.78. The molecule has 0 unspecified atom stereocenters. The highest BCUT2D eigenvalue weighted by atomic mass is 79.9. The zero-order valence-electron chi connectivity index (χ0n) is 30.9. The van der Waals surface area contributed by atoms with Crippen LogP contribution in [-0.2, 0) is 24.8 Å². The number of para-hydroxylation sites is 1. The number of anilines is 1. The van der Waals surface area contributed by atoms with Crippen LogP contribution in [0.4, 0.5) is 5.69 Å². The summed E-state index contributed by atoms with van der Waals surface area (Å²) in [5.41, 5.74) is 9.59. The predicted molar refractivity (Wildman–Crippen MR) is 232 cm³/mol. The van der Waals surface area contributed by atoms with Gasteiger partial charge >= 0.3 is 0 Å². The lowest BCUT2D eigenvalue weighted by Gasteiger charge is -2.37. The smallest absolute Gasteiger partial charge is 0.140 e. The molecule has 270 valence electrons. The van der Waals surface area contributed by atoms with Crippen molar-refractivity contribution < 1.29 is 0 Å². The number of hydrogen-bond acceptors (Lipinski definition) is 3. The van der Waals surface area contributed by atoms with Crippen LogP contribution in [0.2, 0.25) is 0 Å². The van der Waals surface area contributed by atoms with Crippen LogP contribution in [0.5, 0.6) is 0 Å². The highest BCUT2D eigenvalue weighted by molar-refractivity contribution is 9.10. The summed E-state index contributed by atoms with van der Waals surface area (Å²) < 4.78 is 3.35. The van der Waals surface area contributed by atoms with Gasteiger partial charge in [0, 0.05) is 29.7 Å².